The second-order valence-electron chi connectivity index (χ2n) is 4.26. The second kappa shape index (κ2) is 4.69. The van der Waals surface area contributed by atoms with E-state index in [0.717, 1.165) is 12.0 Å². The molecule has 3 rings (SSSR count). The van der Waals surface area contributed by atoms with Gasteiger partial charge in [-0.1, -0.05) is 12.1 Å². The van der Waals surface area contributed by atoms with Crippen molar-refractivity contribution in [3.05, 3.63) is 41.3 Å². The number of aromatic hydroxyl groups is 1. The molecule has 1 aliphatic rings. The van der Waals surface area contributed by atoms with E-state index in [-0.39, 0.29) is 12.4 Å². The predicted octanol–water partition coefficient (Wildman–Crippen LogP) is 3.36. The quantitative estimate of drug-likeness (QED) is 0.876. The van der Waals surface area contributed by atoms with Crippen LogP contribution in [0.4, 0.5) is 0 Å². The minimum Gasteiger partial charge on any atom is -0.508 e. The van der Waals surface area contributed by atoms with Gasteiger partial charge >= 0.3 is 0 Å². The fraction of sp³-hybridized carbons (Fsp3) is 0.231. The first-order valence-electron chi connectivity index (χ1n) is 5.39. The Hall–Kier alpha value is -1.03. The molecule has 0 spiro atoms. The van der Waals surface area contributed by atoms with Gasteiger partial charge < -0.3 is 10.8 Å². The molecule has 1 aromatic heterocycles. The lowest BCUT2D eigenvalue weighted by Crippen LogP contribution is -1.99. The van der Waals surface area contributed by atoms with Crippen LogP contribution in [0.3, 0.4) is 0 Å². The number of phenolic OH excluding ortho intramolecular Hbond substituents is 1. The van der Waals surface area contributed by atoms with Gasteiger partial charge in [-0.3, -0.25) is 0 Å². The molecule has 3 N–H and O–H groups in total. The second-order valence-corrected chi connectivity index (χ2v) is 5.37. The summed E-state index contributed by atoms with van der Waals surface area (Å²) in [5.41, 5.74) is 6.91. The molecule has 1 fully saturated rings. The van der Waals surface area contributed by atoms with Crippen LogP contribution >= 0.6 is 23.7 Å². The van der Waals surface area contributed by atoms with Crippen molar-refractivity contribution in [2.75, 3.05) is 0 Å². The molecule has 4 heteroatoms. The molecule has 1 aromatic carbocycles. The van der Waals surface area contributed by atoms with Crippen molar-refractivity contribution in [1.29, 1.82) is 0 Å². The van der Waals surface area contributed by atoms with Crippen LogP contribution < -0.4 is 5.73 Å². The molecule has 1 saturated carbocycles. The maximum atomic E-state index is 9.43. The molecule has 0 unspecified atom stereocenters. The summed E-state index contributed by atoms with van der Waals surface area (Å²) in [5, 5.41) is 9.43. The van der Waals surface area contributed by atoms with Gasteiger partial charge in [0.15, 0.2) is 0 Å². The predicted molar refractivity (Wildman–Crippen MR) is 74.0 cm³/mol. The molecule has 2 atom stereocenters. The Kier molecular flexibility index (Phi) is 3.43. The zero-order valence-corrected chi connectivity index (χ0v) is 10.8. The van der Waals surface area contributed by atoms with E-state index in [0.29, 0.717) is 17.7 Å². The molecule has 0 saturated heterocycles. The molecule has 2 nitrogen and oxygen atoms in total. The van der Waals surface area contributed by atoms with E-state index < -0.39 is 0 Å². The van der Waals surface area contributed by atoms with Crippen molar-refractivity contribution in [2.24, 2.45) is 5.73 Å². The Morgan fingerprint density at radius 3 is 2.65 bits per heavy atom. The number of benzene rings is 1. The van der Waals surface area contributed by atoms with Crippen molar-refractivity contribution >= 4 is 23.7 Å². The summed E-state index contributed by atoms with van der Waals surface area (Å²) < 4.78 is 0. The molecule has 2 aromatic rings. The van der Waals surface area contributed by atoms with E-state index in [1.807, 2.05) is 12.1 Å². The zero-order valence-electron chi connectivity index (χ0n) is 9.17. The summed E-state index contributed by atoms with van der Waals surface area (Å²) in [7, 11) is 0. The largest absolute Gasteiger partial charge is 0.508 e. The first-order chi connectivity index (χ1) is 7.74. The maximum Gasteiger partial charge on any atom is 0.116 e. The summed E-state index contributed by atoms with van der Waals surface area (Å²) in [6.45, 7) is 0. The first kappa shape index (κ1) is 12.4. The van der Waals surface area contributed by atoms with E-state index in [1.165, 1.54) is 9.75 Å². The monoisotopic (exact) mass is 267 g/mol. The van der Waals surface area contributed by atoms with Crippen LogP contribution in [-0.4, -0.2) is 11.1 Å². The highest BCUT2D eigenvalue weighted by Gasteiger charge is 2.35. The maximum absolute atomic E-state index is 9.43. The summed E-state index contributed by atoms with van der Waals surface area (Å²) in [6, 6.07) is 12.0. The van der Waals surface area contributed by atoms with Crippen molar-refractivity contribution in [3.8, 4) is 16.2 Å². The van der Waals surface area contributed by atoms with E-state index in [2.05, 4.69) is 12.1 Å². The molecule has 0 bridgehead atoms. The van der Waals surface area contributed by atoms with Gasteiger partial charge in [0.2, 0.25) is 0 Å². The van der Waals surface area contributed by atoms with Crippen LogP contribution in [-0.2, 0) is 0 Å². The van der Waals surface area contributed by atoms with Gasteiger partial charge in [-0.25, -0.2) is 0 Å². The van der Waals surface area contributed by atoms with Crippen molar-refractivity contribution in [2.45, 2.75) is 18.4 Å². The van der Waals surface area contributed by atoms with Gasteiger partial charge in [-0.15, -0.1) is 23.7 Å². The highest BCUT2D eigenvalue weighted by molar-refractivity contribution is 7.15. The fourth-order valence-corrected chi connectivity index (χ4v) is 3.10. The van der Waals surface area contributed by atoms with Gasteiger partial charge in [-0.05, 0) is 36.2 Å². The molecular formula is C13H14ClNOS. The molecule has 1 aliphatic carbocycles. The SMILES string of the molecule is Cl.N[C@@H]1C[C@H]1c1ccc(-c2cccc(O)c2)s1. The number of rotatable bonds is 2. The summed E-state index contributed by atoms with van der Waals surface area (Å²) in [4.78, 5) is 2.57. The number of thiophene rings is 1. The Bertz CT molecular complexity index is 526. The number of hydrogen-bond acceptors (Lipinski definition) is 3. The van der Waals surface area contributed by atoms with Crippen LogP contribution in [0, 0.1) is 0 Å². The lowest BCUT2D eigenvalue weighted by Gasteiger charge is -1.97. The number of phenols is 1. The highest BCUT2D eigenvalue weighted by Crippen LogP contribution is 2.44. The van der Waals surface area contributed by atoms with Gasteiger partial charge in [0.25, 0.3) is 0 Å². The van der Waals surface area contributed by atoms with Crippen LogP contribution in [0.15, 0.2) is 36.4 Å². The van der Waals surface area contributed by atoms with Gasteiger partial charge in [0.05, 0.1) is 0 Å². The minimum absolute atomic E-state index is 0. The first-order valence-corrected chi connectivity index (χ1v) is 6.20. The Morgan fingerprint density at radius 1 is 1.24 bits per heavy atom. The standard InChI is InChI=1S/C13H13NOS.ClH/c14-11-7-10(11)13-5-4-12(16-13)8-2-1-3-9(15)6-8;/h1-6,10-11,15H,7,14H2;1H/t10-,11-;/m1./s1. The average molecular weight is 268 g/mol. The lowest BCUT2D eigenvalue weighted by atomic mass is 10.2. The third-order valence-corrected chi connectivity index (χ3v) is 4.23. The van der Waals surface area contributed by atoms with Gasteiger partial charge in [0.1, 0.15) is 5.75 Å². The minimum atomic E-state index is 0. The van der Waals surface area contributed by atoms with E-state index in [1.54, 1.807) is 23.5 Å². The van der Waals surface area contributed by atoms with Crippen molar-refractivity contribution in [3.63, 3.8) is 0 Å². The van der Waals surface area contributed by atoms with Crippen LogP contribution in [0.5, 0.6) is 5.75 Å². The Morgan fingerprint density at radius 2 is 2.00 bits per heavy atom. The lowest BCUT2D eigenvalue weighted by molar-refractivity contribution is 0.475. The van der Waals surface area contributed by atoms with Crippen LogP contribution in [0.2, 0.25) is 0 Å². The van der Waals surface area contributed by atoms with Crippen LogP contribution in [0.1, 0.15) is 17.2 Å². The molecule has 0 amide bonds. The molecule has 1 heterocycles. The van der Waals surface area contributed by atoms with E-state index >= 15 is 0 Å². The number of halogens is 1. The topological polar surface area (TPSA) is 46.2 Å². The average Bonchev–Trinajstić information content (AvgIpc) is 2.81. The molecule has 0 aliphatic heterocycles. The van der Waals surface area contributed by atoms with Gasteiger partial charge in [-0.2, -0.15) is 0 Å². The normalized spacial score (nSPS) is 21.9. The summed E-state index contributed by atoms with van der Waals surface area (Å²) in [5.74, 6) is 0.881. The number of hydrogen-bond donors (Lipinski definition) is 2. The zero-order chi connectivity index (χ0) is 11.1. The van der Waals surface area contributed by atoms with E-state index in [4.69, 9.17) is 5.73 Å². The van der Waals surface area contributed by atoms with Crippen molar-refractivity contribution < 1.29 is 5.11 Å². The Labute approximate surface area is 111 Å². The molecule has 90 valence electrons. The van der Waals surface area contributed by atoms with Crippen LogP contribution in [0.25, 0.3) is 10.4 Å². The summed E-state index contributed by atoms with van der Waals surface area (Å²) >= 11 is 1.78. The molecule has 17 heavy (non-hydrogen) atoms. The van der Waals surface area contributed by atoms with E-state index in [9.17, 15) is 5.11 Å². The molecule has 0 radical (unpaired) electrons. The number of nitrogens with two attached hydrogens (primary N) is 1. The fourth-order valence-electron chi connectivity index (χ4n) is 1.91. The van der Waals surface area contributed by atoms with Gasteiger partial charge in [0, 0.05) is 21.7 Å². The van der Waals surface area contributed by atoms with Crippen molar-refractivity contribution in [1.82, 2.24) is 0 Å². The smallest absolute Gasteiger partial charge is 0.116 e. The third kappa shape index (κ3) is 2.46. The third-order valence-electron chi connectivity index (χ3n) is 2.96. The highest BCUT2D eigenvalue weighted by atomic mass is 35.5. The Balaban J connectivity index is 0.00000108. The molecular weight excluding hydrogens is 254 g/mol. The summed E-state index contributed by atoms with van der Waals surface area (Å²) in [6.07, 6.45) is 1.11.